The molecule has 1 unspecified atom stereocenters. The number of thioether (sulfide) groups is 1. The molecule has 4 nitrogen and oxygen atoms in total. The van der Waals surface area contributed by atoms with Gasteiger partial charge in [0, 0.05) is 5.75 Å². The first-order valence-corrected chi connectivity index (χ1v) is 8.70. The molecule has 1 saturated carbocycles. The number of carbonyl (C=O) groups is 1. The van der Waals surface area contributed by atoms with Crippen LogP contribution in [0, 0.1) is 11.8 Å². The maximum Gasteiger partial charge on any atom is 0.346 e. The first-order valence-electron chi connectivity index (χ1n) is 7.21. The predicted molar refractivity (Wildman–Crippen MR) is 82.8 cm³/mol. The molecule has 6 heteroatoms. The smallest absolute Gasteiger partial charge is 0.346 e. The third-order valence-electron chi connectivity index (χ3n) is 4.33. The molecule has 1 aliphatic heterocycles. The Kier molecular flexibility index (Phi) is 5.32. The molecule has 2 rings (SSSR count). The zero-order chi connectivity index (χ0) is 14.9. The Morgan fingerprint density at radius 1 is 1.55 bits per heavy atom. The van der Waals surface area contributed by atoms with Crippen molar-refractivity contribution in [1.82, 2.24) is 0 Å². The maximum atomic E-state index is 12.2. The topological polar surface area (TPSA) is 55.8 Å². The average molecular weight is 320 g/mol. The van der Waals surface area contributed by atoms with Gasteiger partial charge in [-0.15, -0.1) is 11.8 Å². The highest BCUT2D eigenvalue weighted by atomic mass is 32.2. The minimum absolute atomic E-state index is 0.191. The van der Waals surface area contributed by atoms with Crippen LogP contribution in [0.15, 0.2) is 0 Å². The van der Waals surface area contributed by atoms with Crippen molar-refractivity contribution in [2.45, 2.75) is 62.6 Å². The summed E-state index contributed by atoms with van der Waals surface area (Å²) >= 11 is 6.13. The van der Waals surface area contributed by atoms with Gasteiger partial charge in [-0.25, -0.2) is 4.79 Å². The van der Waals surface area contributed by atoms with Gasteiger partial charge in [-0.05, 0) is 31.1 Å². The van der Waals surface area contributed by atoms with Crippen LogP contribution in [0.3, 0.4) is 0 Å². The molecule has 5 atom stereocenters. The van der Waals surface area contributed by atoms with Crippen molar-refractivity contribution in [3.63, 3.8) is 0 Å². The zero-order valence-corrected chi connectivity index (χ0v) is 14.0. The molecule has 0 amide bonds. The second-order valence-electron chi connectivity index (χ2n) is 6.21. The quantitative estimate of drug-likeness (QED) is 0.618. The minimum Gasteiger partial charge on any atom is -0.458 e. The van der Waals surface area contributed by atoms with Crippen LogP contribution in [0.4, 0.5) is 0 Å². The van der Waals surface area contributed by atoms with E-state index in [2.05, 4.69) is 20.8 Å². The van der Waals surface area contributed by atoms with Gasteiger partial charge in [-0.1, -0.05) is 20.8 Å². The summed E-state index contributed by atoms with van der Waals surface area (Å²) in [5, 5.41) is 9.32. The highest BCUT2D eigenvalue weighted by Gasteiger charge is 2.46. The van der Waals surface area contributed by atoms with Crippen molar-refractivity contribution in [3.8, 4) is 0 Å². The molecule has 116 valence electrons. The van der Waals surface area contributed by atoms with Crippen LogP contribution in [0.1, 0.15) is 40.0 Å². The SMILES string of the molecule is CC(C)C1(S)CC[C@@H](C)C[C@H]1OC(=O)[C@@H]1O[C@@H](O)CS1. The monoisotopic (exact) mass is 320 g/mol. The highest BCUT2D eigenvalue weighted by Crippen LogP contribution is 2.44. The number of thiol groups is 1. The molecule has 2 aliphatic rings. The lowest BCUT2D eigenvalue weighted by atomic mass is 9.74. The summed E-state index contributed by atoms with van der Waals surface area (Å²) in [7, 11) is 0. The van der Waals surface area contributed by atoms with E-state index in [1.807, 2.05) is 0 Å². The Bertz CT molecular complexity index is 363. The van der Waals surface area contributed by atoms with Crippen LogP contribution in [-0.4, -0.2) is 39.4 Å². The summed E-state index contributed by atoms with van der Waals surface area (Å²) in [6, 6.07) is 0. The van der Waals surface area contributed by atoms with Crippen molar-refractivity contribution in [2.75, 3.05) is 5.75 Å². The zero-order valence-electron chi connectivity index (χ0n) is 12.2. The minimum atomic E-state index is -0.867. The van der Waals surface area contributed by atoms with Crippen molar-refractivity contribution < 1.29 is 19.4 Å². The number of hydrogen-bond acceptors (Lipinski definition) is 6. The van der Waals surface area contributed by atoms with E-state index in [4.69, 9.17) is 22.1 Å². The Labute approximate surface area is 130 Å². The Hall–Kier alpha value is 0.0900. The number of carbonyl (C=O) groups excluding carboxylic acids is 1. The van der Waals surface area contributed by atoms with Gasteiger partial charge in [0.2, 0.25) is 5.44 Å². The van der Waals surface area contributed by atoms with Crippen LogP contribution in [-0.2, 0) is 14.3 Å². The molecule has 0 aromatic carbocycles. The van der Waals surface area contributed by atoms with Gasteiger partial charge in [-0.3, -0.25) is 0 Å². The Balaban J connectivity index is 2.02. The van der Waals surface area contributed by atoms with E-state index < -0.39 is 11.7 Å². The van der Waals surface area contributed by atoms with Crippen molar-refractivity contribution in [1.29, 1.82) is 0 Å². The number of esters is 1. The highest BCUT2D eigenvalue weighted by molar-refractivity contribution is 8.00. The van der Waals surface area contributed by atoms with E-state index in [0.717, 1.165) is 19.3 Å². The van der Waals surface area contributed by atoms with Gasteiger partial charge < -0.3 is 14.6 Å². The second-order valence-corrected chi connectivity index (χ2v) is 8.13. The molecular formula is C14H24O4S2. The first kappa shape index (κ1) is 16.5. The van der Waals surface area contributed by atoms with Crippen LogP contribution in [0.25, 0.3) is 0 Å². The first-order chi connectivity index (χ1) is 9.33. The van der Waals surface area contributed by atoms with E-state index >= 15 is 0 Å². The average Bonchev–Trinajstić information content (AvgIpc) is 2.80. The van der Waals surface area contributed by atoms with Crippen molar-refractivity contribution >= 4 is 30.4 Å². The summed E-state index contributed by atoms with van der Waals surface area (Å²) in [6.45, 7) is 6.42. The third-order valence-corrected chi connectivity index (χ3v) is 6.45. The fourth-order valence-electron chi connectivity index (χ4n) is 2.85. The van der Waals surface area contributed by atoms with E-state index in [1.165, 1.54) is 11.8 Å². The maximum absolute atomic E-state index is 12.2. The molecule has 2 fully saturated rings. The summed E-state index contributed by atoms with van der Waals surface area (Å²) in [6.07, 6.45) is 1.85. The van der Waals surface area contributed by atoms with Gasteiger partial charge in [0.25, 0.3) is 0 Å². The Morgan fingerprint density at radius 2 is 2.25 bits per heavy atom. The van der Waals surface area contributed by atoms with Gasteiger partial charge in [0.15, 0.2) is 6.29 Å². The van der Waals surface area contributed by atoms with E-state index in [1.54, 1.807) is 0 Å². The van der Waals surface area contributed by atoms with Crippen molar-refractivity contribution in [2.24, 2.45) is 11.8 Å². The van der Waals surface area contributed by atoms with Crippen LogP contribution in [0.2, 0.25) is 0 Å². The molecule has 0 radical (unpaired) electrons. The lowest BCUT2D eigenvalue weighted by Crippen LogP contribution is -2.49. The van der Waals surface area contributed by atoms with Crippen LogP contribution >= 0.6 is 24.4 Å². The number of aliphatic hydroxyl groups excluding tert-OH is 1. The lowest BCUT2D eigenvalue weighted by Gasteiger charge is -2.45. The molecule has 1 aliphatic carbocycles. The summed E-state index contributed by atoms with van der Waals surface area (Å²) in [4.78, 5) is 12.2. The van der Waals surface area contributed by atoms with Gasteiger partial charge in [0.1, 0.15) is 6.10 Å². The van der Waals surface area contributed by atoms with Crippen LogP contribution in [0.5, 0.6) is 0 Å². The van der Waals surface area contributed by atoms with E-state index in [9.17, 15) is 9.90 Å². The fourth-order valence-corrected chi connectivity index (χ4v) is 3.95. The van der Waals surface area contributed by atoms with E-state index in [0.29, 0.717) is 17.6 Å². The molecule has 0 spiro atoms. The second kappa shape index (κ2) is 6.46. The van der Waals surface area contributed by atoms with Gasteiger partial charge >= 0.3 is 5.97 Å². The fraction of sp³-hybridized carbons (Fsp3) is 0.929. The van der Waals surface area contributed by atoms with Crippen molar-refractivity contribution in [3.05, 3.63) is 0 Å². The Morgan fingerprint density at radius 3 is 2.80 bits per heavy atom. The predicted octanol–water partition coefficient (Wildman–Crippen LogP) is 2.45. The normalized spacial score (nSPS) is 41.9. The largest absolute Gasteiger partial charge is 0.458 e. The molecule has 1 N–H and O–H groups in total. The molecular weight excluding hydrogens is 296 g/mol. The van der Waals surface area contributed by atoms with Gasteiger partial charge in [0.05, 0.1) is 4.75 Å². The molecule has 0 aromatic heterocycles. The number of hydrogen-bond donors (Lipinski definition) is 2. The molecule has 1 saturated heterocycles. The molecule has 0 bridgehead atoms. The standard InChI is InChI=1S/C14H24O4S2/c1-8(2)14(19)5-4-9(3)6-10(14)17-12(16)13-18-11(15)7-20-13/h8-11,13,15,19H,4-7H2,1-3H3/t9-,10-,11-,13-,14?/m1/s1. The molecule has 1 heterocycles. The number of aliphatic hydroxyl groups is 1. The summed E-state index contributed by atoms with van der Waals surface area (Å²) in [5.41, 5.74) is -0.702. The number of rotatable bonds is 3. The van der Waals surface area contributed by atoms with Crippen LogP contribution < -0.4 is 0 Å². The third kappa shape index (κ3) is 3.46. The summed E-state index contributed by atoms with van der Waals surface area (Å²) in [5.74, 6) is 0.898. The van der Waals surface area contributed by atoms with E-state index in [-0.39, 0.29) is 16.8 Å². The number of ether oxygens (including phenoxy) is 2. The molecule has 0 aromatic rings. The van der Waals surface area contributed by atoms with Gasteiger partial charge in [-0.2, -0.15) is 12.6 Å². The summed E-state index contributed by atoms with van der Waals surface area (Å²) < 4.78 is 10.6. The lowest BCUT2D eigenvalue weighted by molar-refractivity contribution is -0.170. The molecule has 20 heavy (non-hydrogen) atoms.